The number of nitrogens with one attached hydrogen (secondary N) is 1. The first-order valence-corrected chi connectivity index (χ1v) is 9.02. The lowest BCUT2D eigenvalue weighted by atomic mass is 10.1. The lowest BCUT2D eigenvalue weighted by Crippen LogP contribution is -2.24. The third-order valence-corrected chi connectivity index (χ3v) is 4.91. The Morgan fingerprint density at radius 3 is 2.56 bits per heavy atom. The van der Waals surface area contributed by atoms with Crippen molar-refractivity contribution in [3.8, 4) is 11.4 Å². The van der Waals surface area contributed by atoms with Crippen molar-refractivity contribution in [2.75, 3.05) is 5.75 Å². The van der Waals surface area contributed by atoms with Gasteiger partial charge in [-0.25, -0.2) is 0 Å². The van der Waals surface area contributed by atoms with Crippen molar-refractivity contribution in [3.05, 3.63) is 65.7 Å². The van der Waals surface area contributed by atoms with Gasteiger partial charge in [-0.15, -0.1) is 10.2 Å². The molecule has 0 saturated carbocycles. The molecule has 3 aromatic rings. The van der Waals surface area contributed by atoms with Crippen LogP contribution in [0.2, 0.25) is 0 Å². The van der Waals surface area contributed by atoms with Gasteiger partial charge in [0.15, 0.2) is 11.0 Å². The van der Waals surface area contributed by atoms with Crippen LogP contribution in [-0.4, -0.2) is 26.4 Å². The maximum Gasteiger partial charge on any atom is 0.230 e. The second kappa shape index (κ2) is 7.98. The van der Waals surface area contributed by atoms with E-state index in [-0.39, 0.29) is 5.91 Å². The van der Waals surface area contributed by atoms with Crippen LogP contribution >= 0.6 is 11.8 Å². The van der Waals surface area contributed by atoms with Gasteiger partial charge < -0.3 is 9.88 Å². The van der Waals surface area contributed by atoms with Crippen molar-refractivity contribution in [2.45, 2.75) is 18.6 Å². The van der Waals surface area contributed by atoms with E-state index in [1.807, 2.05) is 73.1 Å². The molecule has 1 amide bonds. The Hall–Kier alpha value is -2.60. The summed E-state index contributed by atoms with van der Waals surface area (Å²) in [5.41, 5.74) is 3.29. The zero-order chi connectivity index (χ0) is 17.6. The molecule has 0 aliphatic carbocycles. The molecule has 1 heterocycles. The van der Waals surface area contributed by atoms with E-state index in [2.05, 4.69) is 15.5 Å². The zero-order valence-corrected chi connectivity index (χ0v) is 15.1. The van der Waals surface area contributed by atoms with E-state index >= 15 is 0 Å². The number of thioether (sulfide) groups is 1. The monoisotopic (exact) mass is 352 g/mol. The molecule has 0 unspecified atom stereocenters. The van der Waals surface area contributed by atoms with E-state index in [9.17, 15) is 4.79 Å². The average molecular weight is 352 g/mol. The number of aryl methyl sites for hydroxylation is 1. The Morgan fingerprint density at radius 2 is 1.80 bits per heavy atom. The van der Waals surface area contributed by atoms with Gasteiger partial charge in [0.1, 0.15) is 0 Å². The first-order valence-electron chi connectivity index (χ1n) is 8.04. The third-order valence-electron chi connectivity index (χ3n) is 3.89. The smallest absolute Gasteiger partial charge is 0.230 e. The number of aromatic nitrogens is 3. The Balaban J connectivity index is 1.59. The second-order valence-electron chi connectivity index (χ2n) is 5.73. The highest BCUT2D eigenvalue weighted by atomic mass is 32.2. The normalized spacial score (nSPS) is 10.6. The number of carbonyl (C=O) groups excluding carboxylic acids is 1. The van der Waals surface area contributed by atoms with E-state index in [1.165, 1.54) is 11.8 Å². The number of hydrogen-bond acceptors (Lipinski definition) is 4. The quantitative estimate of drug-likeness (QED) is 0.692. The molecule has 0 fully saturated rings. The van der Waals surface area contributed by atoms with Crippen molar-refractivity contribution in [1.82, 2.24) is 20.1 Å². The minimum Gasteiger partial charge on any atom is -0.351 e. The molecular formula is C19H20N4OS. The highest BCUT2D eigenvalue weighted by Gasteiger charge is 2.14. The van der Waals surface area contributed by atoms with Crippen LogP contribution in [0.25, 0.3) is 11.4 Å². The SMILES string of the molecule is Cc1ccccc1-c1nnc(SCC(=O)NCc2ccccc2)n1C. The molecule has 25 heavy (non-hydrogen) atoms. The van der Waals surface area contributed by atoms with Gasteiger partial charge in [0.2, 0.25) is 5.91 Å². The van der Waals surface area contributed by atoms with Gasteiger partial charge in [-0.2, -0.15) is 0 Å². The van der Waals surface area contributed by atoms with Crippen LogP contribution in [0.5, 0.6) is 0 Å². The van der Waals surface area contributed by atoms with Gasteiger partial charge in [-0.1, -0.05) is 66.4 Å². The molecule has 5 nitrogen and oxygen atoms in total. The zero-order valence-electron chi connectivity index (χ0n) is 14.3. The molecule has 0 atom stereocenters. The number of benzene rings is 2. The van der Waals surface area contributed by atoms with Crippen LogP contribution in [0.15, 0.2) is 59.8 Å². The minimum atomic E-state index is -0.0192. The molecular weight excluding hydrogens is 332 g/mol. The van der Waals surface area contributed by atoms with Gasteiger partial charge in [0, 0.05) is 19.2 Å². The van der Waals surface area contributed by atoms with E-state index < -0.39 is 0 Å². The van der Waals surface area contributed by atoms with Crippen molar-refractivity contribution >= 4 is 17.7 Å². The molecule has 6 heteroatoms. The standard InChI is InChI=1S/C19H20N4OS/c1-14-8-6-7-11-16(14)18-21-22-19(23(18)2)25-13-17(24)20-12-15-9-4-3-5-10-15/h3-11H,12-13H2,1-2H3,(H,20,24). The van der Waals surface area contributed by atoms with Crippen LogP contribution in [0, 0.1) is 6.92 Å². The summed E-state index contributed by atoms with van der Waals surface area (Å²) >= 11 is 1.39. The minimum absolute atomic E-state index is 0.0192. The van der Waals surface area contributed by atoms with Gasteiger partial charge in [0.25, 0.3) is 0 Å². The number of amides is 1. The van der Waals surface area contributed by atoms with Crippen LogP contribution in [-0.2, 0) is 18.4 Å². The molecule has 0 bridgehead atoms. The summed E-state index contributed by atoms with van der Waals surface area (Å²) in [6, 6.07) is 17.9. The van der Waals surface area contributed by atoms with Crippen molar-refractivity contribution in [1.29, 1.82) is 0 Å². The Morgan fingerprint density at radius 1 is 1.08 bits per heavy atom. The number of carbonyl (C=O) groups is 1. The fourth-order valence-electron chi connectivity index (χ4n) is 2.48. The van der Waals surface area contributed by atoms with Gasteiger partial charge >= 0.3 is 0 Å². The van der Waals surface area contributed by atoms with Crippen molar-refractivity contribution in [2.24, 2.45) is 7.05 Å². The van der Waals surface area contributed by atoms with E-state index in [1.54, 1.807) is 0 Å². The number of hydrogen-bond donors (Lipinski definition) is 1. The van der Waals surface area contributed by atoms with Gasteiger partial charge in [-0.05, 0) is 18.1 Å². The molecule has 1 aromatic heterocycles. The van der Waals surface area contributed by atoms with Crippen LogP contribution in [0.3, 0.4) is 0 Å². The molecule has 0 spiro atoms. The third kappa shape index (κ3) is 4.28. The average Bonchev–Trinajstić information content (AvgIpc) is 3.00. The van der Waals surface area contributed by atoms with Crippen LogP contribution < -0.4 is 5.32 Å². The fraction of sp³-hybridized carbons (Fsp3) is 0.211. The summed E-state index contributed by atoms with van der Waals surface area (Å²) < 4.78 is 1.93. The van der Waals surface area contributed by atoms with E-state index in [0.29, 0.717) is 12.3 Å². The lowest BCUT2D eigenvalue weighted by molar-refractivity contribution is -0.118. The summed E-state index contributed by atoms with van der Waals surface area (Å²) in [4.78, 5) is 12.0. The highest BCUT2D eigenvalue weighted by Crippen LogP contribution is 2.24. The number of rotatable bonds is 6. The first kappa shape index (κ1) is 17.2. The summed E-state index contributed by atoms with van der Waals surface area (Å²) in [5.74, 6) is 1.10. The van der Waals surface area contributed by atoms with E-state index in [0.717, 1.165) is 27.7 Å². The van der Waals surface area contributed by atoms with Crippen LogP contribution in [0.1, 0.15) is 11.1 Å². The predicted octanol–water partition coefficient (Wildman–Crippen LogP) is 3.20. The molecule has 128 valence electrons. The molecule has 0 saturated heterocycles. The highest BCUT2D eigenvalue weighted by molar-refractivity contribution is 7.99. The molecule has 2 aromatic carbocycles. The summed E-state index contributed by atoms with van der Waals surface area (Å²) in [7, 11) is 1.92. The molecule has 0 aliphatic heterocycles. The first-order chi connectivity index (χ1) is 12.1. The lowest BCUT2D eigenvalue weighted by Gasteiger charge is -2.07. The largest absolute Gasteiger partial charge is 0.351 e. The maximum atomic E-state index is 12.0. The predicted molar refractivity (Wildman–Crippen MR) is 100 cm³/mol. The second-order valence-corrected chi connectivity index (χ2v) is 6.67. The summed E-state index contributed by atoms with van der Waals surface area (Å²) in [5, 5.41) is 12.1. The Kier molecular flexibility index (Phi) is 5.50. The van der Waals surface area contributed by atoms with Gasteiger partial charge in [0.05, 0.1) is 5.75 Å². The topological polar surface area (TPSA) is 59.8 Å². The summed E-state index contributed by atoms with van der Waals surface area (Å²) in [6.45, 7) is 2.58. The van der Waals surface area contributed by atoms with E-state index in [4.69, 9.17) is 0 Å². The number of nitrogens with zero attached hydrogens (tertiary/aromatic N) is 3. The molecule has 0 aliphatic rings. The molecule has 0 radical (unpaired) electrons. The molecule has 3 rings (SSSR count). The van der Waals surface area contributed by atoms with Crippen molar-refractivity contribution in [3.63, 3.8) is 0 Å². The Labute approximate surface area is 151 Å². The fourth-order valence-corrected chi connectivity index (χ4v) is 3.22. The Bertz CT molecular complexity index is 861. The molecule has 1 N–H and O–H groups in total. The summed E-state index contributed by atoms with van der Waals surface area (Å²) in [6.07, 6.45) is 0. The van der Waals surface area contributed by atoms with Gasteiger partial charge in [-0.3, -0.25) is 4.79 Å². The maximum absolute atomic E-state index is 12.0. The van der Waals surface area contributed by atoms with Crippen molar-refractivity contribution < 1.29 is 4.79 Å². The van der Waals surface area contributed by atoms with Crippen LogP contribution in [0.4, 0.5) is 0 Å².